The molecule has 1 aromatic heterocycles. The largest absolute Gasteiger partial charge is 0.340 e. The number of ketones is 1. The number of carbonyl (C=O) groups is 1. The van der Waals surface area contributed by atoms with Gasteiger partial charge in [-0.3, -0.25) is 4.79 Å². The summed E-state index contributed by atoms with van der Waals surface area (Å²) < 4.78 is 1.78. The van der Waals surface area contributed by atoms with Crippen molar-refractivity contribution in [3.8, 4) is 0 Å². The van der Waals surface area contributed by atoms with Crippen LogP contribution in [0.3, 0.4) is 0 Å². The highest BCUT2D eigenvalue weighted by Gasteiger charge is 2.10. The predicted octanol–water partition coefficient (Wildman–Crippen LogP) is 2.15. The van der Waals surface area contributed by atoms with Gasteiger partial charge in [-0.2, -0.15) is 0 Å². The van der Waals surface area contributed by atoms with Gasteiger partial charge in [0.2, 0.25) is 0 Å². The van der Waals surface area contributed by atoms with Crippen molar-refractivity contribution >= 4 is 5.78 Å². The first-order chi connectivity index (χ1) is 7.66. The third kappa shape index (κ3) is 2.19. The maximum absolute atomic E-state index is 11.9. The standard InChI is InChI=1S/C13H14N2O/c1-10-5-3-4-6-11(10)7-13(16)12-8-15(2)9-14-12/h3-6,8-9H,7H2,1-2H3. The molecule has 0 radical (unpaired) electrons. The second-order valence-electron chi connectivity index (χ2n) is 3.95. The number of hydrogen-bond acceptors (Lipinski definition) is 2. The number of aryl methyl sites for hydroxylation is 2. The number of benzene rings is 1. The Morgan fingerprint density at radius 3 is 2.75 bits per heavy atom. The van der Waals surface area contributed by atoms with Gasteiger partial charge >= 0.3 is 0 Å². The van der Waals surface area contributed by atoms with Crippen molar-refractivity contribution in [1.82, 2.24) is 9.55 Å². The summed E-state index contributed by atoms with van der Waals surface area (Å²) in [5.74, 6) is 0.0647. The van der Waals surface area contributed by atoms with Gasteiger partial charge in [0.05, 0.1) is 6.33 Å². The monoisotopic (exact) mass is 214 g/mol. The van der Waals surface area contributed by atoms with E-state index in [1.54, 1.807) is 17.1 Å². The Morgan fingerprint density at radius 2 is 2.12 bits per heavy atom. The van der Waals surface area contributed by atoms with Gasteiger partial charge in [-0.05, 0) is 18.1 Å². The summed E-state index contributed by atoms with van der Waals surface area (Å²) >= 11 is 0. The van der Waals surface area contributed by atoms with Crippen molar-refractivity contribution in [2.45, 2.75) is 13.3 Å². The molecule has 3 nitrogen and oxygen atoms in total. The molecule has 0 saturated heterocycles. The second kappa shape index (κ2) is 4.31. The minimum atomic E-state index is 0.0647. The Kier molecular flexibility index (Phi) is 2.86. The van der Waals surface area contributed by atoms with Gasteiger partial charge in [0.1, 0.15) is 5.69 Å². The lowest BCUT2D eigenvalue weighted by molar-refractivity contribution is 0.0988. The zero-order valence-corrected chi connectivity index (χ0v) is 9.47. The molecule has 1 heterocycles. The Hall–Kier alpha value is -1.90. The van der Waals surface area contributed by atoms with Crippen LogP contribution in [0.25, 0.3) is 0 Å². The molecule has 0 aliphatic rings. The Morgan fingerprint density at radius 1 is 1.38 bits per heavy atom. The number of aromatic nitrogens is 2. The molecule has 0 aliphatic carbocycles. The van der Waals surface area contributed by atoms with Gasteiger partial charge < -0.3 is 4.57 Å². The number of nitrogens with zero attached hydrogens (tertiary/aromatic N) is 2. The number of hydrogen-bond donors (Lipinski definition) is 0. The average molecular weight is 214 g/mol. The minimum Gasteiger partial charge on any atom is -0.340 e. The highest BCUT2D eigenvalue weighted by atomic mass is 16.1. The molecule has 0 atom stereocenters. The molecule has 0 fully saturated rings. The quantitative estimate of drug-likeness (QED) is 0.734. The first-order valence-electron chi connectivity index (χ1n) is 5.22. The molecule has 16 heavy (non-hydrogen) atoms. The van der Waals surface area contributed by atoms with Crippen LogP contribution < -0.4 is 0 Å². The molecular formula is C13H14N2O. The fraction of sp³-hybridized carbons (Fsp3) is 0.231. The van der Waals surface area contributed by atoms with Crippen molar-refractivity contribution in [2.24, 2.45) is 7.05 Å². The van der Waals surface area contributed by atoms with Crippen LogP contribution in [0, 0.1) is 6.92 Å². The van der Waals surface area contributed by atoms with Crippen molar-refractivity contribution in [1.29, 1.82) is 0 Å². The van der Waals surface area contributed by atoms with Crippen LogP contribution >= 0.6 is 0 Å². The van der Waals surface area contributed by atoms with Crippen LogP contribution in [0.5, 0.6) is 0 Å². The fourth-order valence-electron chi connectivity index (χ4n) is 1.63. The molecule has 0 N–H and O–H groups in total. The van der Waals surface area contributed by atoms with E-state index >= 15 is 0 Å². The SMILES string of the molecule is Cc1ccccc1CC(=O)c1cn(C)cn1. The Bertz CT molecular complexity index is 514. The lowest BCUT2D eigenvalue weighted by Gasteiger charge is -2.02. The van der Waals surface area contributed by atoms with E-state index in [-0.39, 0.29) is 5.78 Å². The van der Waals surface area contributed by atoms with E-state index < -0.39 is 0 Å². The van der Waals surface area contributed by atoms with Crippen LogP contribution in [0.15, 0.2) is 36.8 Å². The van der Waals surface area contributed by atoms with Crippen molar-refractivity contribution in [3.05, 3.63) is 53.6 Å². The van der Waals surface area contributed by atoms with Gasteiger partial charge in [0.15, 0.2) is 5.78 Å². The van der Waals surface area contributed by atoms with Gasteiger partial charge in [-0.25, -0.2) is 4.98 Å². The zero-order chi connectivity index (χ0) is 11.5. The molecule has 0 bridgehead atoms. The van der Waals surface area contributed by atoms with E-state index in [1.165, 1.54) is 0 Å². The van der Waals surface area contributed by atoms with E-state index in [2.05, 4.69) is 4.98 Å². The maximum atomic E-state index is 11.9. The topological polar surface area (TPSA) is 34.9 Å². The fourth-order valence-corrected chi connectivity index (χ4v) is 1.63. The Labute approximate surface area is 94.7 Å². The predicted molar refractivity (Wildman–Crippen MR) is 62.4 cm³/mol. The van der Waals surface area contributed by atoms with Crippen molar-refractivity contribution in [3.63, 3.8) is 0 Å². The lowest BCUT2D eigenvalue weighted by atomic mass is 10.0. The summed E-state index contributed by atoms with van der Waals surface area (Å²) in [7, 11) is 1.86. The second-order valence-corrected chi connectivity index (χ2v) is 3.95. The summed E-state index contributed by atoms with van der Waals surface area (Å²) in [5.41, 5.74) is 2.75. The number of rotatable bonds is 3. The van der Waals surface area contributed by atoms with E-state index in [0.29, 0.717) is 12.1 Å². The molecule has 3 heteroatoms. The molecule has 2 aromatic rings. The van der Waals surface area contributed by atoms with Crippen LogP contribution in [-0.2, 0) is 13.5 Å². The number of Topliss-reactive ketones (excluding diaryl/α,β-unsaturated/α-hetero) is 1. The van der Waals surface area contributed by atoms with Crippen molar-refractivity contribution in [2.75, 3.05) is 0 Å². The molecule has 0 aliphatic heterocycles. The molecule has 0 amide bonds. The summed E-state index contributed by atoms with van der Waals surface area (Å²) in [6.45, 7) is 2.01. The van der Waals surface area contributed by atoms with Crippen LogP contribution in [0.2, 0.25) is 0 Å². The molecule has 82 valence electrons. The van der Waals surface area contributed by atoms with Crippen LogP contribution in [-0.4, -0.2) is 15.3 Å². The van der Waals surface area contributed by atoms with Crippen LogP contribution in [0.1, 0.15) is 21.6 Å². The van der Waals surface area contributed by atoms with Crippen LogP contribution in [0.4, 0.5) is 0 Å². The maximum Gasteiger partial charge on any atom is 0.187 e. The highest BCUT2D eigenvalue weighted by Crippen LogP contribution is 2.10. The zero-order valence-electron chi connectivity index (χ0n) is 9.47. The smallest absolute Gasteiger partial charge is 0.187 e. The summed E-state index contributed by atoms with van der Waals surface area (Å²) in [6.07, 6.45) is 3.81. The third-order valence-electron chi connectivity index (χ3n) is 2.60. The van der Waals surface area contributed by atoms with Gasteiger partial charge in [-0.1, -0.05) is 24.3 Å². The third-order valence-corrected chi connectivity index (χ3v) is 2.60. The first-order valence-corrected chi connectivity index (χ1v) is 5.22. The number of imidazole rings is 1. The van der Waals surface area contributed by atoms with Gasteiger partial charge in [0, 0.05) is 19.7 Å². The highest BCUT2D eigenvalue weighted by molar-refractivity contribution is 5.95. The van der Waals surface area contributed by atoms with E-state index in [4.69, 9.17) is 0 Å². The molecule has 2 rings (SSSR count). The van der Waals surface area contributed by atoms with E-state index in [9.17, 15) is 4.79 Å². The van der Waals surface area contributed by atoms with E-state index in [0.717, 1.165) is 11.1 Å². The molecule has 1 aromatic carbocycles. The van der Waals surface area contributed by atoms with Gasteiger partial charge in [-0.15, -0.1) is 0 Å². The first kappa shape index (κ1) is 10.6. The molecule has 0 spiro atoms. The van der Waals surface area contributed by atoms with E-state index in [1.807, 2.05) is 38.2 Å². The number of carbonyl (C=O) groups excluding carboxylic acids is 1. The average Bonchev–Trinajstić information content (AvgIpc) is 2.68. The summed E-state index contributed by atoms with van der Waals surface area (Å²) in [6, 6.07) is 7.93. The lowest BCUT2D eigenvalue weighted by Crippen LogP contribution is -2.05. The normalized spacial score (nSPS) is 10.4. The molecular weight excluding hydrogens is 200 g/mol. The summed E-state index contributed by atoms with van der Waals surface area (Å²) in [5, 5.41) is 0. The van der Waals surface area contributed by atoms with Gasteiger partial charge in [0.25, 0.3) is 0 Å². The van der Waals surface area contributed by atoms with Crippen molar-refractivity contribution < 1.29 is 4.79 Å². The molecule has 0 unspecified atom stereocenters. The molecule has 0 saturated carbocycles. The minimum absolute atomic E-state index is 0.0647. The Balaban J connectivity index is 2.17. The summed E-state index contributed by atoms with van der Waals surface area (Å²) in [4.78, 5) is 16.0.